The molecule has 0 saturated carbocycles. The van der Waals surface area contributed by atoms with E-state index in [9.17, 15) is 18.0 Å². The van der Waals surface area contributed by atoms with Crippen molar-refractivity contribution in [1.82, 2.24) is 14.9 Å². The smallest absolute Gasteiger partial charge is 0.252 e. The standard InChI is InChI=1S/C15H23N3O4S2/c1-2-9-24(21,22)18-6-3-13(4-7-18)17-14(19)10-16-15(20)12-5-8-23-11-12/h5,8,11,13H,2-4,6-7,9-10H2,1H3,(H,16,20)(H,17,19). The zero-order chi connectivity index (χ0) is 17.6. The van der Waals surface area contributed by atoms with Crippen LogP contribution >= 0.6 is 11.3 Å². The minimum atomic E-state index is -3.17. The maximum atomic E-state index is 12.0. The molecule has 1 aliphatic rings. The van der Waals surface area contributed by atoms with Crippen molar-refractivity contribution in [2.45, 2.75) is 32.2 Å². The van der Waals surface area contributed by atoms with Crippen molar-refractivity contribution in [2.75, 3.05) is 25.4 Å². The molecule has 2 amide bonds. The first-order chi connectivity index (χ1) is 11.4. The van der Waals surface area contributed by atoms with Gasteiger partial charge >= 0.3 is 0 Å². The second-order valence-corrected chi connectivity index (χ2v) is 8.62. The van der Waals surface area contributed by atoms with E-state index in [0.29, 0.717) is 37.9 Å². The lowest BCUT2D eigenvalue weighted by molar-refractivity contribution is -0.121. The SMILES string of the molecule is CCCS(=O)(=O)N1CCC(NC(=O)CNC(=O)c2ccsc2)CC1. The molecule has 1 fully saturated rings. The Balaban J connectivity index is 1.71. The van der Waals surface area contributed by atoms with Gasteiger partial charge in [-0.05, 0) is 30.7 Å². The maximum Gasteiger partial charge on any atom is 0.252 e. The van der Waals surface area contributed by atoms with Crippen LogP contribution in [0, 0.1) is 0 Å². The van der Waals surface area contributed by atoms with Crippen molar-refractivity contribution in [1.29, 1.82) is 0 Å². The predicted octanol–water partition coefficient (Wildman–Crippen LogP) is 0.798. The summed E-state index contributed by atoms with van der Waals surface area (Å²) >= 11 is 1.42. The van der Waals surface area contributed by atoms with Crippen LogP contribution < -0.4 is 10.6 Å². The Hall–Kier alpha value is -1.45. The van der Waals surface area contributed by atoms with Crippen LogP contribution in [0.2, 0.25) is 0 Å². The molecular formula is C15H23N3O4S2. The van der Waals surface area contributed by atoms with Gasteiger partial charge in [-0.3, -0.25) is 9.59 Å². The van der Waals surface area contributed by atoms with Gasteiger partial charge in [-0.1, -0.05) is 6.92 Å². The Morgan fingerprint density at radius 3 is 2.62 bits per heavy atom. The normalized spacial score (nSPS) is 16.7. The molecule has 0 bridgehead atoms. The van der Waals surface area contributed by atoms with Crippen molar-refractivity contribution in [3.05, 3.63) is 22.4 Å². The predicted molar refractivity (Wildman–Crippen MR) is 93.5 cm³/mol. The Labute approximate surface area is 146 Å². The molecule has 9 heteroatoms. The summed E-state index contributed by atoms with van der Waals surface area (Å²) in [4.78, 5) is 23.7. The summed E-state index contributed by atoms with van der Waals surface area (Å²) in [7, 11) is -3.17. The number of sulfonamides is 1. The molecule has 1 aliphatic heterocycles. The Morgan fingerprint density at radius 2 is 2.04 bits per heavy atom. The first-order valence-corrected chi connectivity index (χ1v) is 10.5. The van der Waals surface area contributed by atoms with E-state index < -0.39 is 10.0 Å². The van der Waals surface area contributed by atoms with Crippen molar-refractivity contribution in [2.24, 2.45) is 0 Å². The number of carbonyl (C=O) groups is 2. The van der Waals surface area contributed by atoms with Crippen LogP contribution in [0.15, 0.2) is 16.8 Å². The van der Waals surface area contributed by atoms with Gasteiger partial charge in [0.05, 0.1) is 12.3 Å². The number of nitrogens with zero attached hydrogens (tertiary/aromatic N) is 1. The van der Waals surface area contributed by atoms with Crippen LogP contribution in [0.3, 0.4) is 0 Å². The van der Waals surface area contributed by atoms with Crippen LogP contribution in [0.1, 0.15) is 36.5 Å². The summed E-state index contributed by atoms with van der Waals surface area (Å²) in [5.74, 6) is -0.362. The van der Waals surface area contributed by atoms with Gasteiger partial charge < -0.3 is 10.6 Å². The van der Waals surface area contributed by atoms with E-state index in [1.54, 1.807) is 16.8 Å². The zero-order valence-corrected chi connectivity index (χ0v) is 15.3. The van der Waals surface area contributed by atoms with E-state index >= 15 is 0 Å². The van der Waals surface area contributed by atoms with Gasteiger partial charge in [0.1, 0.15) is 0 Å². The van der Waals surface area contributed by atoms with E-state index in [4.69, 9.17) is 0 Å². The van der Waals surface area contributed by atoms with Crippen LogP contribution in [0.5, 0.6) is 0 Å². The van der Waals surface area contributed by atoms with Gasteiger partial charge in [0.25, 0.3) is 5.91 Å². The van der Waals surface area contributed by atoms with Gasteiger partial charge in [0.2, 0.25) is 15.9 Å². The minimum Gasteiger partial charge on any atom is -0.352 e. The third-order valence-corrected chi connectivity index (χ3v) is 6.63. The Morgan fingerprint density at radius 1 is 1.33 bits per heavy atom. The molecule has 2 heterocycles. The lowest BCUT2D eigenvalue weighted by Gasteiger charge is -2.31. The molecule has 134 valence electrons. The number of thiophene rings is 1. The first-order valence-electron chi connectivity index (χ1n) is 8.00. The highest BCUT2D eigenvalue weighted by molar-refractivity contribution is 7.89. The average Bonchev–Trinajstić information content (AvgIpc) is 3.07. The van der Waals surface area contributed by atoms with Crippen molar-refractivity contribution in [3.63, 3.8) is 0 Å². The Kier molecular flexibility index (Phi) is 6.76. The summed E-state index contributed by atoms with van der Waals surface area (Å²) in [6.45, 7) is 2.61. The monoisotopic (exact) mass is 373 g/mol. The Bertz CT molecular complexity index is 650. The van der Waals surface area contributed by atoms with Crippen LogP contribution in [-0.2, 0) is 14.8 Å². The van der Waals surface area contributed by atoms with Crippen molar-refractivity contribution >= 4 is 33.2 Å². The topological polar surface area (TPSA) is 95.6 Å². The first kappa shape index (κ1) is 18.9. The van der Waals surface area contributed by atoms with Crippen LogP contribution in [0.25, 0.3) is 0 Å². The molecule has 0 spiro atoms. The molecule has 24 heavy (non-hydrogen) atoms. The van der Waals surface area contributed by atoms with E-state index in [-0.39, 0.29) is 30.2 Å². The largest absolute Gasteiger partial charge is 0.352 e. The summed E-state index contributed by atoms with van der Waals surface area (Å²) in [5, 5.41) is 8.95. The lowest BCUT2D eigenvalue weighted by Crippen LogP contribution is -2.49. The molecule has 2 N–H and O–H groups in total. The minimum absolute atomic E-state index is 0.0522. The van der Waals surface area contributed by atoms with Gasteiger partial charge in [-0.15, -0.1) is 0 Å². The average molecular weight is 374 g/mol. The molecule has 1 aromatic rings. The second-order valence-electron chi connectivity index (χ2n) is 5.75. The fourth-order valence-corrected chi connectivity index (χ4v) is 4.78. The lowest BCUT2D eigenvalue weighted by atomic mass is 10.1. The molecular weight excluding hydrogens is 350 g/mol. The number of amides is 2. The highest BCUT2D eigenvalue weighted by atomic mass is 32.2. The summed E-state index contributed by atoms with van der Waals surface area (Å²) in [6.07, 6.45) is 1.78. The summed E-state index contributed by atoms with van der Waals surface area (Å²) in [6, 6.07) is 1.65. The van der Waals surface area contributed by atoms with Gasteiger partial charge in [0.15, 0.2) is 0 Å². The van der Waals surface area contributed by atoms with Gasteiger partial charge in [-0.25, -0.2) is 12.7 Å². The molecule has 0 radical (unpaired) electrons. The van der Waals surface area contributed by atoms with Gasteiger partial charge in [0, 0.05) is 30.1 Å². The zero-order valence-electron chi connectivity index (χ0n) is 13.7. The summed E-state index contributed by atoms with van der Waals surface area (Å²) in [5.41, 5.74) is 0.544. The molecule has 0 atom stereocenters. The third kappa shape index (κ3) is 5.29. The van der Waals surface area contributed by atoms with E-state index in [0.717, 1.165) is 0 Å². The van der Waals surface area contributed by atoms with Crippen LogP contribution in [-0.4, -0.2) is 56.0 Å². The van der Waals surface area contributed by atoms with E-state index in [1.807, 2.05) is 6.92 Å². The highest BCUT2D eigenvalue weighted by Crippen LogP contribution is 2.15. The molecule has 7 nitrogen and oxygen atoms in total. The fourth-order valence-electron chi connectivity index (χ4n) is 2.60. The molecule has 1 aromatic heterocycles. The quantitative estimate of drug-likeness (QED) is 0.739. The van der Waals surface area contributed by atoms with Crippen LogP contribution in [0.4, 0.5) is 0 Å². The summed E-state index contributed by atoms with van der Waals surface area (Å²) < 4.78 is 25.5. The van der Waals surface area contributed by atoms with Crippen molar-refractivity contribution in [3.8, 4) is 0 Å². The number of rotatable bonds is 7. The third-order valence-electron chi connectivity index (χ3n) is 3.87. The van der Waals surface area contributed by atoms with E-state index in [2.05, 4.69) is 10.6 Å². The number of nitrogens with one attached hydrogen (secondary N) is 2. The number of hydrogen-bond donors (Lipinski definition) is 2. The molecule has 1 saturated heterocycles. The molecule has 0 aromatic carbocycles. The highest BCUT2D eigenvalue weighted by Gasteiger charge is 2.27. The maximum absolute atomic E-state index is 12.0. The number of piperidine rings is 1. The number of hydrogen-bond acceptors (Lipinski definition) is 5. The number of carbonyl (C=O) groups excluding carboxylic acids is 2. The van der Waals surface area contributed by atoms with Gasteiger partial charge in [-0.2, -0.15) is 11.3 Å². The molecule has 0 unspecified atom stereocenters. The second kappa shape index (κ2) is 8.59. The molecule has 2 rings (SSSR count). The van der Waals surface area contributed by atoms with E-state index in [1.165, 1.54) is 15.6 Å². The molecule has 0 aliphatic carbocycles. The van der Waals surface area contributed by atoms with Crippen molar-refractivity contribution < 1.29 is 18.0 Å². The fraction of sp³-hybridized carbons (Fsp3) is 0.600.